The van der Waals surface area contributed by atoms with E-state index in [-0.39, 0.29) is 11.4 Å². The first-order valence-electron chi connectivity index (χ1n) is 2.74. The minimum absolute atomic E-state index is 0.0819. The van der Waals surface area contributed by atoms with Gasteiger partial charge in [-0.3, -0.25) is 0 Å². The molecule has 0 N–H and O–H groups in total. The zero-order valence-corrected chi connectivity index (χ0v) is 5.37. The summed E-state index contributed by atoms with van der Waals surface area (Å²) in [6.45, 7) is 0. The normalized spacial score (nSPS) is 8.27. The third-order valence-electron chi connectivity index (χ3n) is 1.02. The van der Waals surface area contributed by atoms with Crippen LogP contribution in [0.1, 0.15) is 11.4 Å². The molecule has 1 aromatic rings. The van der Waals surface area contributed by atoms with Gasteiger partial charge in [0.15, 0.2) is 0 Å². The molecule has 0 aliphatic heterocycles. The Balaban J connectivity index is 3.28. The summed E-state index contributed by atoms with van der Waals surface area (Å²) in [5, 5.41) is 16.6. The van der Waals surface area contributed by atoms with E-state index in [0.29, 0.717) is 0 Å². The van der Waals surface area contributed by atoms with Gasteiger partial charge in [0.25, 0.3) is 0 Å². The van der Waals surface area contributed by atoms with Crippen molar-refractivity contribution in [3.05, 3.63) is 29.3 Å². The topological polar surface area (TPSA) is 60.5 Å². The van der Waals surface area contributed by atoms with Crippen molar-refractivity contribution >= 4 is 0 Å². The van der Waals surface area contributed by atoms with E-state index < -0.39 is 5.82 Å². The number of aromatic nitrogens is 1. The van der Waals surface area contributed by atoms with Crippen LogP contribution in [0.2, 0.25) is 0 Å². The number of hydrogen-bond donors (Lipinski definition) is 0. The van der Waals surface area contributed by atoms with Gasteiger partial charge in [-0.1, -0.05) is 0 Å². The maximum Gasteiger partial charge on any atom is 0.144 e. The molecule has 1 heterocycles. The second-order valence-corrected chi connectivity index (χ2v) is 1.78. The molecule has 0 atom stereocenters. The Hall–Kier alpha value is -1.94. The molecule has 0 radical (unpaired) electrons. The van der Waals surface area contributed by atoms with Crippen LogP contribution < -0.4 is 0 Å². The van der Waals surface area contributed by atoms with Crippen LogP contribution in [0.15, 0.2) is 12.1 Å². The van der Waals surface area contributed by atoms with Crippen molar-refractivity contribution < 1.29 is 4.39 Å². The Morgan fingerprint density at radius 1 is 1.18 bits per heavy atom. The summed E-state index contributed by atoms with van der Waals surface area (Å²) in [6, 6.07) is 5.23. The monoisotopic (exact) mass is 147 g/mol. The minimum Gasteiger partial charge on any atom is -0.226 e. The zero-order valence-electron chi connectivity index (χ0n) is 5.37. The Bertz CT molecular complexity index is 327. The number of pyridine rings is 1. The van der Waals surface area contributed by atoms with Gasteiger partial charge in [-0.2, -0.15) is 10.5 Å². The average molecular weight is 147 g/mol. The Morgan fingerprint density at radius 3 is 2.00 bits per heavy atom. The highest BCUT2D eigenvalue weighted by Gasteiger charge is 1.99. The fraction of sp³-hybridized carbons (Fsp3) is 0. The summed E-state index contributed by atoms with van der Waals surface area (Å²) in [4.78, 5) is 3.51. The Labute approximate surface area is 62.3 Å². The smallest absolute Gasteiger partial charge is 0.144 e. The van der Waals surface area contributed by atoms with Crippen LogP contribution in [0.4, 0.5) is 4.39 Å². The zero-order chi connectivity index (χ0) is 8.27. The number of rotatable bonds is 0. The lowest BCUT2D eigenvalue weighted by Gasteiger charge is -1.89. The summed E-state index contributed by atoms with van der Waals surface area (Å²) >= 11 is 0. The van der Waals surface area contributed by atoms with Crippen LogP contribution in [0.3, 0.4) is 0 Å². The van der Waals surface area contributed by atoms with Gasteiger partial charge in [0.05, 0.1) is 0 Å². The van der Waals surface area contributed by atoms with E-state index in [1.54, 1.807) is 12.1 Å². The average Bonchev–Trinajstić information content (AvgIpc) is 2.03. The van der Waals surface area contributed by atoms with Crippen LogP contribution >= 0.6 is 0 Å². The summed E-state index contributed by atoms with van der Waals surface area (Å²) in [7, 11) is 0. The lowest BCUT2D eigenvalue weighted by atomic mass is 10.3. The summed E-state index contributed by atoms with van der Waals surface area (Å²) in [5.74, 6) is -0.617. The van der Waals surface area contributed by atoms with E-state index in [4.69, 9.17) is 10.5 Å². The van der Waals surface area contributed by atoms with E-state index in [2.05, 4.69) is 4.98 Å². The standard InChI is InChI=1S/C7H2FN3/c8-5-1-6(3-9)11-7(2-5)4-10/h1-2H. The van der Waals surface area contributed by atoms with Crippen molar-refractivity contribution in [1.82, 2.24) is 4.98 Å². The molecule has 4 heteroatoms. The first-order valence-corrected chi connectivity index (χ1v) is 2.74. The molecule has 1 aromatic heterocycles. The van der Waals surface area contributed by atoms with E-state index >= 15 is 0 Å². The molecule has 0 bridgehead atoms. The van der Waals surface area contributed by atoms with Gasteiger partial charge in [-0.05, 0) is 0 Å². The lowest BCUT2D eigenvalue weighted by molar-refractivity contribution is 0.624. The highest BCUT2D eigenvalue weighted by Crippen LogP contribution is 2.01. The second kappa shape index (κ2) is 2.76. The van der Waals surface area contributed by atoms with E-state index in [9.17, 15) is 4.39 Å². The molecule has 0 saturated heterocycles. The first kappa shape index (κ1) is 7.17. The maximum absolute atomic E-state index is 12.5. The molecule has 52 valence electrons. The van der Waals surface area contributed by atoms with Crippen LogP contribution in [-0.4, -0.2) is 4.98 Å². The quantitative estimate of drug-likeness (QED) is 0.549. The van der Waals surface area contributed by atoms with E-state index in [0.717, 1.165) is 12.1 Å². The third kappa shape index (κ3) is 1.50. The van der Waals surface area contributed by atoms with Crippen LogP contribution in [0.25, 0.3) is 0 Å². The second-order valence-electron chi connectivity index (χ2n) is 1.78. The molecule has 0 saturated carbocycles. The third-order valence-corrected chi connectivity index (χ3v) is 1.02. The molecule has 0 aliphatic carbocycles. The molecule has 0 amide bonds. The number of nitriles is 2. The van der Waals surface area contributed by atoms with Crippen molar-refractivity contribution in [3.8, 4) is 12.1 Å². The molecule has 0 unspecified atom stereocenters. The van der Waals surface area contributed by atoms with Crippen molar-refractivity contribution in [2.45, 2.75) is 0 Å². The highest BCUT2D eigenvalue weighted by atomic mass is 19.1. The van der Waals surface area contributed by atoms with Gasteiger partial charge in [0, 0.05) is 12.1 Å². The van der Waals surface area contributed by atoms with Crippen molar-refractivity contribution in [2.24, 2.45) is 0 Å². The number of halogens is 1. The molecule has 0 spiro atoms. The Morgan fingerprint density at radius 2 is 1.64 bits per heavy atom. The van der Waals surface area contributed by atoms with Gasteiger partial charge in [-0.25, -0.2) is 9.37 Å². The van der Waals surface area contributed by atoms with Crippen LogP contribution in [0.5, 0.6) is 0 Å². The minimum atomic E-state index is -0.617. The van der Waals surface area contributed by atoms with Crippen LogP contribution in [-0.2, 0) is 0 Å². The Kier molecular flexibility index (Phi) is 1.80. The molecule has 0 aliphatic rings. The largest absolute Gasteiger partial charge is 0.226 e. The maximum atomic E-state index is 12.5. The fourth-order valence-electron chi connectivity index (χ4n) is 0.612. The molecule has 11 heavy (non-hydrogen) atoms. The predicted molar refractivity (Wildman–Crippen MR) is 33.6 cm³/mol. The van der Waals surface area contributed by atoms with Crippen LogP contribution in [0, 0.1) is 28.5 Å². The van der Waals surface area contributed by atoms with Crippen molar-refractivity contribution in [3.63, 3.8) is 0 Å². The molecule has 0 aromatic carbocycles. The highest BCUT2D eigenvalue weighted by molar-refractivity contribution is 5.28. The van der Waals surface area contributed by atoms with E-state index in [1.807, 2.05) is 0 Å². The molecule has 3 nitrogen and oxygen atoms in total. The fourth-order valence-corrected chi connectivity index (χ4v) is 0.612. The number of hydrogen-bond acceptors (Lipinski definition) is 3. The predicted octanol–water partition coefficient (Wildman–Crippen LogP) is 0.964. The van der Waals surface area contributed by atoms with E-state index in [1.165, 1.54) is 0 Å². The molecular weight excluding hydrogens is 145 g/mol. The summed E-state index contributed by atoms with van der Waals surface area (Å²) in [6.07, 6.45) is 0. The molecule has 0 fully saturated rings. The first-order chi connectivity index (χ1) is 5.26. The lowest BCUT2D eigenvalue weighted by Crippen LogP contribution is -1.89. The SMILES string of the molecule is N#Cc1cc(F)cc(C#N)n1. The van der Waals surface area contributed by atoms with Gasteiger partial charge < -0.3 is 0 Å². The van der Waals surface area contributed by atoms with Gasteiger partial charge >= 0.3 is 0 Å². The van der Waals surface area contributed by atoms with Gasteiger partial charge in [-0.15, -0.1) is 0 Å². The summed E-state index contributed by atoms with van der Waals surface area (Å²) < 4.78 is 12.5. The van der Waals surface area contributed by atoms with Gasteiger partial charge in [0.1, 0.15) is 29.3 Å². The summed E-state index contributed by atoms with van der Waals surface area (Å²) in [5.41, 5.74) is -0.164. The molecule has 1 rings (SSSR count). The number of nitrogens with zero attached hydrogens (tertiary/aromatic N) is 3. The molecular formula is C7H2FN3. The van der Waals surface area contributed by atoms with Gasteiger partial charge in [0.2, 0.25) is 0 Å². The van der Waals surface area contributed by atoms with Crippen molar-refractivity contribution in [1.29, 1.82) is 10.5 Å². The van der Waals surface area contributed by atoms with Crippen molar-refractivity contribution in [2.75, 3.05) is 0 Å².